The molecular weight excluding hydrogens is 138 g/mol. The van der Waals surface area contributed by atoms with Gasteiger partial charge in [0.05, 0.1) is 6.10 Å². The van der Waals surface area contributed by atoms with Crippen LogP contribution in [-0.4, -0.2) is 24.4 Å². The molecule has 5 nitrogen and oxygen atoms in total. The van der Waals surface area contributed by atoms with Crippen molar-refractivity contribution in [2.45, 2.75) is 26.1 Å². The summed E-state index contributed by atoms with van der Waals surface area (Å²) < 4.78 is 4.78. The van der Waals surface area contributed by atoms with Gasteiger partial charge in [-0.05, 0) is 13.8 Å². The quantitative estimate of drug-likeness (QED) is 0.434. The van der Waals surface area contributed by atoms with Crippen LogP contribution >= 0.6 is 0 Å². The number of ether oxygens (including phenoxy) is 1. The van der Waals surface area contributed by atoms with Crippen LogP contribution in [0, 0.1) is 10.1 Å². The minimum absolute atomic E-state index is 0.259. The average molecular weight is 149 g/mol. The molecule has 10 heavy (non-hydrogen) atoms. The molecule has 1 unspecified atom stereocenters. The van der Waals surface area contributed by atoms with Gasteiger partial charge in [-0.15, -0.1) is 10.1 Å². The van der Waals surface area contributed by atoms with Crippen molar-refractivity contribution < 1.29 is 14.7 Å². The molecule has 5 heteroatoms. The van der Waals surface area contributed by atoms with E-state index in [2.05, 4.69) is 4.84 Å². The number of methoxy groups -OCH3 is 1. The molecule has 0 amide bonds. The van der Waals surface area contributed by atoms with E-state index in [9.17, 15) is 10.1 Å². The second kappa shape index (κ2) is 4.05. The molecule has 0 aromatic rings. The number of hydrogen-bond acceptors (Lipinski definition) is 4. The molecule has 60 valence electrons. The molecule has 0 saturated heterocycles. The summed E-state index contributed by atoms with van der Waals surface area (Å²) in [5, 5.41) is 8.94. The van der Waals surface area contributed by atoms with Gasteiger partial charge in [-0.25, -0.2) is 0 Å². The molecule has 0 aliphatic rings. The number of hydrogen-bond donors (Lipinski definition) is 0. The van der Waals surface area contributed by atoms with Crippen molar-refractivity contribution >= 4 is 0 Å². The highest BCUT2D eigenvalue weighted by Gasteiger charge is 2.14. The van der Waals surface area contributed by atoms with Crippen molar-refractivity contribution in [2.24, 2.45) is 0 Å². The van der Waals surface area contributed by atoms with Gasteiger partial charge in [-0.1, -0.05) is 0 Å². The van der Waals surface area contributed by atoms with E-state index in [-0.39, 0.29) is 6.10 Å². The van der Waals surface area contributed by atoms with Gasteiger partial charge >= 0.3 is 0 Å². The Morgan fingerprint density at radius 2 is 1.90 bits per heavy atom. The fraction of sp³-hybridized carbons (Fsp3) is 1.00. The predicted molar refractivity (Wildman–Crippen MR) is 34.0 cm³/mol. The van der Waals surface area contributed by atoms with Crippen LogP contribution in [0.5, 0.6) is 0 Å². The van der Waals surface area contributed by atoms with Crippen molar-refractivity contribution in [3.8, 4) is 0 Å². The largest absolute Gasteiger partial charge is 0.379 e. The smallest absolute Gasteiger partial charge is 0.294 e. The van der Waals surface area contributed by atoms with Gasteiger partial charge in [-0.2, -0.15) is 0 Å². The Hall–Kier alpha value is -0.840. The van der Waals surface area contributed by atoms with E-state index < -0.39 is 11.2 Å². The second-order valence-corrected chi connectivity index (χ2v) is 1.97. The fourth-order valence-electron chi connectivity index (χ4n) is 0.413. The molecule has 0 aliphatic heterocycles. The molecule has 0 radical (unpaired) electrons. The van der Waals surface area contributed by atoms with Crippen LogP contribution < -0.4 is 0 Å². The molecule has 0 aromatic carbocycles. The maximum absolute atomic E-state index is 9.76. The third-order valence-electron chi connectivity index (χ3n) is 1.29. The number of nitrogens with zero attached hydrogens (tertiary/aromatic N) is 1. The second-order valence-electron chi connectivity index (χ2n) is 1.97. The predicted octanol–water partition coefficient (Wildman–Crippen LogP) is 0.618. The fourth-order valence-corrected chi connectivity index (χ4v) is 0.413. The normalized spacial score (nSPS) is 15.9. The average Bonchev–Trinajstić information content (AvgIpc) is 1.85. The standard InChI is InChI=1S/C5H11NO4/c1-4(9-3)5(2)10-6(7)8/h4-5H,1-3H3/t4?,5-/m1/s1. The molecule has 0 aromatic heterocycles. The summed E-state index contributed by atoms with van der Waals surface area (Å²) in [4.78, 5) is 14.0. The van der Waals surface area contributed by atoms with Gasteiger partial charge in [0.25, 0.3) is 5.09 Å². The molecule has 0 fully saturated rings. The maximum atomic E-state index is 9.76. The lowest BCUT2D eigenvalue weighted by Gasteiger charge is -2.15. The zero-order valence-corrected chi connectivity index (χ0v) is 6.23. The van der Waals surface area contributed by atoms with E-state index in [0.29, 0.717) is 0 Å². The lowest BCUT2D eigenvalue weighted by molar-refractivity contribution is -0.769. The molecule has 0 N–H and O–H groups in total. The Bertz CT molecular complexity index is 116. The molecule has 0 rings (SSSR count). The summed E-state index contributed by atoms with van der Waals surface area (Å²) in [7, 11) is 1.48. The molecule has 0 bridgehead atoms. The Morgan fingerprint density at radius 1 is 1.40 bits per heavy atom. The zero-order chi connectivity index (χ0) is 8.15. The lowest BCUT2D eigenvalue weighted by Crippen LogP contribution is -2.27. The Morgan fingerprint density at radius 3 is 2.20 bits per heavy atom. The van der Waals surface area contributed by atoms with Crippen LogP contribution in [0.15, 0.2) is 0 Å². The van der Waals surface area contributed by atoms with Crippen LogP contribution in [0.25, 0.3) is 0 Å². The van der Waals surface area contributed by atoms with Crippen LogP contribution in [0.2, 0.25) is 0 Å². The van der Waals surface area contributed by atoms with Crippen LogP contribution in [0.4, 0.5) is 0 Å². The molecule has 0 heterocycles. The minimum atomic E-state index is -0.819. The van der Waals surface area contributed by atoms with Crippen LogP contribution in [0.1, 0.15) is 13.8 Å². The van der Waals surface area contributed by atoms with Gasteiger partial charge in [0.1, 0.15) is 6.10 Å². The lowest BCUT2D eigenvalue weighted by atomic mass is 10.3. The van der Waals surface area contributed by atoms with Crippen molar-refractivity contribution in [3.05, 3.63) is 10.1 Å². The Labute approximate surface area is 59.0 Å². The highest BCUT2D eigenvalue weighted by molar-refractivity contribution is 4.55. The maximum Gasteiger partial charge on any atom is 0.294 e. The first-order chi connectivity index (χ1) is 4.57. The van der Waals surface area contributed by atoms with E-state index in [1.807, 2.05) is 0 Å². The summed E-state index contributed by atoms with van der Waals surface area (Å²) in [6, 6.07) is 0. The zero-order valence-electron chi connectivity index (χ0n) is 6.23. The van der Waals surface area contributed by atoms with Crippen molar-refractivity contribution in [1.82, 2.24) is 0 Å². The van der Waals surface area contributed by atoms with E-state index in [0.717, 1.165) is 0 Å². The third kappa shape index (κ3) is 3.24. The minimum Gasteiger partial charge on any atom is -0.379 e. The summed E-state index contributed by atoms with van der Waals surface area (Å²) in [5.74, 6) is 0. The SMILES string of the molecule is COC(C)[C@@H](C)O[N+](=O)[O-]. The number of rotatable bonds is 4. The monoisotopic (exact) mass is 149 g/mol. The topological polar surface area (TPSA) is 61.6 Å². The van der Waals surface area contributed by atoms with Crippen molar-refractivity contribution in [1.29, 1.82) is 0 Å². The summed E-state index contributed by atoms with van der Waals surface area (Å²) in [6.45, 7) is 3.28. The third-order valence-corrected chi connectivity index (χ3v) is 1.29. The Kier molecular flexibility index (Phi) is 3.71. The first-order valence-electron chi connectivity index (χ1n) is 2.92. The van der Waals surface area contributed by atoms with Gasteiger partial charge in [0, 0.05) is 7.11 Å². The summed E-state index contributed by atoms with van der Waals surface area (Å²) in [6.07, 6.45) is -0.773. The van der Waals surface area contributed by atoms with Gasteiger partial charge in [0.15, 0.2) is 0 Å². The highest BCUT2D eigenvalue weighted by Crippen LogP contribution is 2.00. The molecule has 0 aliphatic carbocycles. The van der Waals surface area contributed by atoms with Crippen LogP contribution in [0.3, 0.4) is 0 Å². The first kappa shape index (κ1) is 9.16. The molecule has 0 saturated carbocycles. The summed E-state index contributed by atoms with van der Waals surface area (Å²) >= 11 is 0. The van der Waals surface area contributed by atoms with E-state index in [4.69, 9.17) is 4.74 Å². The Balaban J connectivity index is 3.61. The first-order valence-corrected chi connectivity index (χ1v) is 2.92. The molecule has 0 spiro atoms. The molecule has 2 atom stereocenters. The highest BCUT2D eigenvalue weighted by atomic mass is 17.0. The van der Waals surface area contributed by atoms with Crippen molar-refractivity contribution in [3.63, 3.8) is 0 Å². The van der Waals surface area contributed by atoms with Gasteiger partial charge < -0.3 is 9.57 Å². The van der Waals surface area contributed by atoms with Gasteiger partial charge in [0.2, 0.25) is 0 Å². The van der Waals surface area contributed by atoms with Crippen LogP contribution in [-0.2, 0) is 9.57 Å². The van der Waals surface area contributed by atoms with E-state index in [1.165, 1.54) is 7.11 Å². The molecular formula is C5H11NO4. The van der Waals surface area contributed by atoms with Crippen molar-refractivity contribution in [2.75, 3.05) is 7.11 Å². The van der Waals surface area contributed by atoms with E-state index >= 15 is 0 Å². The van der Waals surface area contributed by atoms with Gasteiger partial charge in [-0.3, -0.25) is 0 Å². The summed E-state index contributed by atoms with van der Waals surface area (Å²) in [5.41, 5.74) is 0. The van der Waals surface area contributed by atoms with E-state index in [1.54, 1.807) is 13.8 Å².